The van der Waals surface area contributed by atoms with Crippen LogP contribution >= 0.6 is 0 Å². The molecule has 202 valence electrons. The number of carbonyl (C=O) groups is 2. The van der Waals surface area contributed by atoms with Crippen LogP contribution in [-0.4, -0.2) is 43.7 Å². The van der Waals surface area contributed by atoms with Crippen molar-refractivity contribution in [2.75, 3.05) is 11.4 Å². The zero-order valence-corrected chi connectivity index (χ0v) is 24.3. The Hall–Kier alpha value is -3.06. The Morgan fingerprint density at radius 3 is 1.82 bits per heavy atom. The van der Waals surface area contributed by atoms with E-state index in [9.17, 15) is 9.59 Å². The van der Waals surface area contributed by atoms with Crippen molar-refractivity contribution in [3.05, 3.63) is 102 Å². The van der Waals surface area contributed by atoms with Crippen molar-refractivity contribution < 1.29 is 14.0 Å². The van der Waals surface area contributed by atoms with Gasteiger partial charge in [-0.2, -0.15) is 0 Å². The molecular weight excluding hydrogens is 500 g/mol. The molecule has 0 N–H and O–H groups in total. The number of hydrogen-bond acceptors (Lipinski definition) is 4. The Balaban J connectivity index is 1.44. The maximum Gasteiger partial charge on any atom is 0.239 e. The third-order valence-electron chi connectivity index (χ3n) is 8.90. The summed E-state index contributed by atoms with van der Waals surface area (Å²) in [4.78, 5) is 31.4. The van der Waals surface area contributed by atoms with Gasteiger partial charge in [0.25, 0.3) is 0 Å². The minimum Gasteiger partial charge on any atom is -0.403 e. The summed E-state index contributed by atoms with van der Waals surface area (Å²) in [6.45, 7) is 9.82. The number of rotatable bonds is 7. The van der Waals surface area contributed by atoms with Crippen molar-refractivity contribution in [2.45, 2.75) is 57.1 Å². The lowest BCUT2D eigenvalue weighted by Gasteiger charge is -2.55. The van der Waals surface area contributed by atoms with E-state index in [4.69, 9.17) is 4.43 Å². The van der Waals surface area contributed by atoms with Crippen LogP contribution in [0.4, 0.5) is 5.69 Å². The first-order chi connectivity index (χ1) is 18.7. The number of imide groups is 1. The molecule has 6 heteroatoms. The normalized spacial score (nSPS) is 27.5. The average Bonchev–Trinajstić information content (AvgIpc) is 3.49. The SMILES string of the molecule is CC1C2C(=O)N(c3ccccc3)C(=O)C2C1N1CCC[C@H]1C(O[Si](C)(C)C)(c1ccccc1)c1ccccc1. The van der Waals surface area contributed by atoms with Gasteiger partial charge in [0, 0.05) is 12.1 Å². The first-order valence-corrected chi connectivity index (χ1v) is 17.6. The zero-order chi connectivity index (χ0) is 27.4. The van der Waals surface area contributed by atoms with E-state index in [2.05, 4.69) is 92.1 Å². The van der Waals surface area contributed by atoms with Crippen molar-refractivity contribution in [3.63, 3.8) is 0 Å². The minimum absolute atomic E-state index is 0.00435. The molecule has 1 saturated carbocycles. The van der Waals surface area contributed by atoms with E-state index in [-0.39, 0.29) is 41.7 Å². The molecule has 3 aromatic rings. The van der Waals surface area contributed by atoms with Gasteiger partial charge in [-0.05, 0) is 68.2 Å². The molecule has 3 aromatic carbocycles. The van der Waals surface area contributed by atoms with Gasteiger partial charge in [-0.25, -0.2) is 4.90 Å². The summed E-state index contributed by atoms with van der Waals surface area (Å²) >= 11 is 0. The van der Waals surface area contributed by atoms with Crippen molar-refractivity contribution in [1.29, 1.82) is 0 Å². The summed E-state index contributed by atoms with van der Waals surface area (Å²) in [6.07, 6.45) is 2.01. The van der Waals surface area contributed by atoms with E-state index < -0.39 is 13.9 Å². The van der Waals surface area contributed by atoms with E-state index in [0.717, 1.165) is 30.5 Å². The maximum atomic E-state index is 13.9. The monoisotopic (exact) mass is 538 g/mol. The highest BCUT2D eigenvalue weighted by molar-refractivity contribution is 6.69. The van der Waals surface area contributed by atoms with Crippen molar-refractivity contribution in [2.24, 2.45) is 17.8 Å². The van der Waals surface area contributed by atoms with Gasteiger partial charge in [-0.1, -0.05) is 85.8 Å². The molecule has 0 spiro atoms. The summed E-state index contributed by atoms with van der Waals surface area (Å²) in [5.74, 6) is -0.585. The second-order valence-corrected chi connectivity index (χ2v) is 16.8. The molecule has 2 saturated heterocycles. The van der Waals surface area contributed by atoms with E-state index in [1.165, 1.54) is 4.90 Å². The molecule has 2 heterocycles. The van der Waals surface area contributed by atoms with Crippen LogP contribution in [0.5, 0.6) is 0 Å². The number of amides is 2. The van der Waals surface area contributed by atoms with Crippen LogP contribution in [0, 0.1) is 17.8 Å². The molecule has 2 amide bonds. The fraction of sp³-hybridized carbons (Fsp3) is 0.394. The second kappa shape index (κ2) is 9.84. The Morgan fingerprint density at radius 1 is 0.769 bits per heavy atom. The largest absolute Gasteiger partial charge is 0.403 e. The van der Waals surface area contributed by atoms with E-state index in [1.54, 1.807) is 0 Å². The fourth-order valence-corrected chi connectivity index (χ4v) is 8.87. The van der Waals surface area contributed by atoms with Crippen molar-refractivity contribution >= 4 is 25.8 Å². The lowest BCUT2D eigenvalue weighted by atomic mass is 9.61. The highest BCUT2D eigenvalue weighted by Gasteiger charge is 2.66. The van der Waals surface area contributed by atoms with Gasteiger partial charge >= 0.3 is 0 Å². The molecule has 3 aliphatic rings. The maximum absolute atomic E-state index is 13.9. The third-order valence-corrected chi connectivity index (χ3v) is 9.84. The standard InChI is InChI=1S/C33H38N2O3Si/c1-23-28-29(32(37)35(31(28)36)26-19-12-7-13-20-26)30(23)34-22-14-21-27(34)33(38-39(2,3)4,24-15-8-5-9-16-24)25-17-10-6-11-18-25/h5-13,15-20,23,27-30H,14,21-22H2,1-4H3/t23?,27-,28?,29?,30?/m0/s1. The van der Waals surface area contributed by atoms with Gasteiger partial charge in [-0.15, -0.1) is 0 Å². The summed E-state index contributed by atoms with van der Waals surface area (Å²) in [6, 6.07) is 30.7. The number of hydrogen-bond donors (Lipinski definition) is 0. The van der Waals surface area contributed by atoms with Gasteiger partial charge in [0.05, 0.1) is 17.5 Å². The Morgan fingerprint density at radius 2 is 1.28 bits per heavy atom. The van der Waals surface area contributed by atoms with Crippen LogP contribution in [0.2, 0.25) is 19.6 Å². The quantitative estimate of drug-likeness (QED) is 0.271. The van der Waals surface area contributed by atoms with Gasteiger partial charge in [0.1, 0.15) is 5.60 Å². The van der Waals surface area contributed by atoms with E-state index in [0.29, 0.717) is 5.69 Å². The van der Waals surface area contributed by atoms with Crippen LogP contribution in [0.15, 0.2) is 91.0 Å². The third kappa shape index (κ3) is 4.21. The molecule has 1 aliphatic carbocycles. The predicted octanol–water partition coefficient (Wildman–Crippen LogP) is 6.07. The molecule has 39 heavy (non-hydrogen) atoms. The van der Waals surface area contributed by atoms with Crippen LogP contribution in [0.3, 0.4) is 0 Å². The number of para-hydroxylation sites is 1. The molecule has 5 nitrogen and oxygen atoms in total. The minimum atomic E-state index is -2.06. The zero-order valence-electron chi connectivity index (χ0n) is 23.3. The number of benzene rings is 3. The Labute approximate surface area is 232 Å². The van der Waals surface area contributed by atoms with Crippen LogP contribution in [0.1, 0.15) is 30.9 Å². The second-order valence-electron chi connectivity index (χ2n) is 12.3. The first-order valence-electron chi connectivity index (χ1n) is 14.2. The number of anilines is 1. The topological polar surface area (TPSA) is 49.9 Å². The Kier molecular flexibility index (Phi) is 6.61. The van der Waals surface area contributed by atoms with Crippen molar-refractivity contribution in [1.82, 2.24) is 4.90 Å². The first kappa shape index (κ1) is 26.2. The number of nitrogens with zero attached hydrogens (tertiary/aromatic N) is 2. The number of likely N-dealkylation sites (tertiary alicyclic amines) is 1. The van der Waals surface area contributed by atoms with Crippen molar-refractivity contribution in [3.8, 4) is 0 Å². The van der Waals surface area contributed by atoms with Gasteiger partial charge in [-0.3, -0.25) is 14.5 Å². The molecule has 0 aromatic heterocycles. The summed E-state index contributed by atoms with van der Waals surface area (Å²) in [7, 11) is -2.06. The number of fused-ring (bicyclic) bond motifs is 1. The smallest absolute Gasteiger partial charge is 0.239 e. The van der Waals surface area contributed by atoms with Crippen LogP contribution in [-0.2, 0) is 19.6 Å². The van der Waals surface area contributed by atoms with Gasteiger partial charge in [0.2, 0.25) is 11.8 Å². The van der Waals surface area contributed by atoms with Gasteiger partial charge < -0.3 is 4.43 Å². The molecule has 0 radical (unpaired) electrons. The van der Waals surface area contributed by atoms with E-state index >= 15 is 0 Å². The fourth-order valence-electron chi connectivity index (χ4n) is 7.53. The average molecular weight is 539 g/mol. The Bertz CT molecular complexity index is 1300. The molecule has 0 bridgehead atoms. The van der Waals surface area contributed by atoms with E-state index in [1.807, 2.05) is 30.3 Å². The lowest BCUT2D eigenvalue weighted by molar-refractivity contribution is -0.143. The summed E-state index contributed by atoms with van der Waals surface area (Å²) < 4.78 is 7.35. The predicted molar refractivity (Wildman–Crippen MR) is 157 cm³/mol. The molecule has 2 aliphatic heterocycles. The highest BCUT2D eigenvalue weighted by atomic mass is 28.4. The lowest BCUT2D eigenvalue weighted by Crippen LogP contribution is -2.65. The summed E-state index contributed by atoms with van der Waals surface area (Å²) in [5, 5.41) is 0. The number of carbonyl (C=O) groups excluding carboxylic acids is 2. The summed E-state index contributed by atoms with van der Waals surface area (Å²) in [5.41, 5.74) is 2.31. The van der Waals surface area contributed by atoms with Gasteiger partial charge in [0.15, 0.2) is 8.32 Å². The van der Waals surface area contributed by atoms with Crippen LogP contribution in [0.25, 0.3) is 0 Å². The molecule has 5 atom stereocenters. The molecular formula is C33H38N2O3Si. The molecule has 6 rings (SSSR count). The van der Waals surface area contributed by atoms with Crippen LogP contribution < -0.4 is 4.90 Å². The molecule has 3 fully saturated rings. The molecule has 4 unspecified atom stereocenters. The highest BCUT2D eigenvalue weighted by Crippen LogP contribution is 2.55.